The number of hydrogen-bond donors (Lipinski definition) is 1. The highest BCUT2D eigenvalue weighted by Crippen LogP contribution is 2.31. The number of likely N-dealkylation sites (N-methyl/N-ethyl adjacent to an activating group) is 1. The van der Waals surface area contributed by atoms with Crippen LogP contribution in [0.4, 0.5) is 5.82 Å². The number of rotatable bonds is 2. The van der Waals surface area contributed by atoms with Crippen LogP contribution in [0.25, 0.3) is 10.2 Å². The maximum Gasteiger partial charge on any atom is 0.140 e. The summed E-state index contributed by atoms with van der Waals surface area (Å²) in [6, 6.07) is 2.23. The summed E-state index contributed by atoms with van der Waals surface area (Å²) in [6.45, 7) is 0. The van der Waals surface area contributed by atoms with Gasteiger partial charge in [-0.1, -0.05) is 12.8 Å². The highest BCUT2D eigenvalue weighted by molar-refractivity contribution is 7.16. The fourth-order valence-corrected chi connectivity index (χ4v) is 3.49. The first-order valence-electron chi connectivity index (χ1n) is 6.36. The third-order valence-electron chi connectivity index (χ3n) is 3.77. The molecular weight excluding hydrogens is 246 g/mol. The molecule has 5 heteroatoms. The molecule has 0 radical (unpaired) electrons. The van der Waals surface area contributed by atoms with Gasteiger partial charge in [0.15, 0.2) is 0 Å². The highest BCUT2D eigenvalue weighted by Gasteiger charge is 2.28. The van der Waals surface area contributed by atoms with Gasteiger partial charge in [0.05, 0.1) is 17.5 Å². The second kappa shape index (κ2) is 4.82. The van der Waals surface area contributed by atoms with Gasteiger partial charge in [0.1, 0.15) is 17.0 Å². The van der Waals surface area contributed by atoms with Gasteiger partial charge in [-0.05, 0) is 24.3 Å². The van der Waals surface area contributed by atoms with Crippen LogP contribution in [0.5, 0.6) is 0 Å². The number of aliphatic hydroxyl groups excluding tert-OH is 1. The second-order valence-electron chi connectivity index (χ2n) is 4.87. The van der Waals surface area contributed by atoms with Crippen molar-refractivity contribution < 1.29 is 5.11 Å². The number of nitrogens with zero attached hydrogens (tertiary/aromatic N) is 3. The Morgan fingerprint density at radius 2 is 2.17 bits per heavy atom. The van der Waals surface area contributed by atoms with Crippen molar-refractivity contribution in [1.29, 1.82) is 0 Å². The molecule has 3 rings (SSSR count). The van der Waals surface area contributed by atoms with E-state index in [0.29, 0.717) is 0 Å². The van der Waals surface area contributed by atoms with Gasteiger partial charge in [-0.3, -0.25) is 0 Å². The van der Waals surface area contributed by atoms with E-state index in [1.807, 2.05) is 12.4 Å². The van der Waals surface area contributed by atoms with E-state index in [9.17, 15) is 5.11 Å². The van der Waals surface area contributed by atoms with Crippen LogP contribution < -0.4 is 4.90 Å². The lowest BCUT2D eigenvalue weighted by Gasteiger charge is -2.36. The third kappa shape index (κ3) is 1.97. The third-order valence-corrected chi connectivity index (χ3v) is 4.59. The van der Waals surface area contributed by atoms with Crippen LogP contribution in [0.15, 0.2) is 17.8 Å². The Balaban J connectivity index is 1.95. The Kier molecular flexibility index (Phi) is 3.18. The first-order valence-corrected chi connectivity index (χ1v) is 7.24. The van der Waals surface area contributed by atoms with E-state index >= 15 is 0 Å². The van der Waals surface area contributed by atoms with Gasteiger partial charge in [-0.2, -0.15) is 0 Å². The van der Waals surface area contributed by atoms with Crippen molar-refractivity contribution in [3.8, 4) is 0 Å². The lowest BCUT2D eigenvalue weighted by molar-refractivity contribution is 0.106. The molecule has 1 fully saturated rings. The molecule has 4 nitrogen and oxygen atoms in total. The molecule has 1 N–H and O–H groups in total. The van der Waals surface area contributed by atoms with E-state index in [-0.39, 0.29) is 12.1 Å². The van der Waals surface area contributed by atoms with Crippen molar-refractivity contribution in [3.05, 3.63) is 17.8 Å². The van der Waals surface area contributed by atoms with Crippen LogP contribution in [0.3, 0.4) is 0 Å². The molecule has 0 saturated heterocycles. The van der Waals surface area contributed by atoms with Crippen molar-refractivity contribution in [2.45, 2.75) is 37.8 Å². The lowest BCUT2D eigenvalue weighted by atomic mass is 9.91. The average Bonchev–Trinajstić information content (AvgIpc) is 2.86. The van der Waals surface area contributed by atoms with Gasteiger partial charge >= 0.3 is 0 Å². The smallest absolute Gasteiger partial charge is 0.140 e. The zero-order valence-corrected chi connectivity index (χ0v) is 11.2. The minimum absolute atomic E-state index is 0.178. The SMILES string of the molecule is CN(c1ncnc2sccc12)C1CCCCC1O. The zero-order chi connectivity index (χ0) is 12.5. The van der Waals surface area contributed by atoms with Crippen molar-refractivity contribution in [2.75, 3.05) is 11.9 Å². The monoisotopic (exact) mass is 263 g/mol. The van der Waals surface area contributed by atoms with E-state index in [1.54, 1.807) is 17.7 Å². The normalized spacial score (nSPS) is 24.3. The fraction of sp³-hybridized carbons (Fsp3) is 0.538. The van der Waals surface area contributed by atoms with Gasteiger partial charge in [-0.25, -0.2) is 9.97 Å². The van der Waals surface area contributed by atoms with Gasteiger partial charge in [0.25, 0.3) is 0 Å². The number of aromatic nitrogens is 2. The zero-order valence-electron chi connectivity index (χ0n) is 10.4. The number of fused-ring (bicyclic) bond motifs is 1. The first kappa shape index (κ1) is 11.9. The van der Waals surface area contributed by atoms with E-state index in [0.717, 1.165) is 35.3 Å². The molecule has 0 aromatic carbocycles. The molecule has 0 amide bonds. The molecule has 0 bridgehead atoms. The molecular formula is C13H17N3OS. The van der Waals surface area contributed by atoms with Crippen molar-refractivity contribution >= 4 is 27.4 Å². The van der Waals surface area contributed by atoms with Gasteiger partial charge in [0, 0.05) is 7.05 Å². The number of thiophene rings is 1. The Morgan fingerprint density at radius 3 is 3.00 bits per heavy atom. The number of aliphatic hydroxyl groups is 1. The predicted octanol–water partition coefficient (Wildman–Crippen LogP) is 2.43. The summed E-state index contributed by atoms with van der Waals surface area (Å²) in [7, 11) is 2.03. The molecule has 2 aromatic rings. The van der Waals surface area contributed by atoms with Gasteiger partial charge in [0.2, 0.25) is 0 Å². The second-order valence-corrected chi connectivity index (χ2v) is 5.76. The Bertz CT molecular complexity index is 542. The Morgan fingerprint density at radius 1 is 1.33 bits per heavy atom. The Labute approximate surface area is 110 Å². The Hall–Kier alpha value is -1.20. The molecule has 1 saturated carbocycles. The van der Waals surface area contributed by atoms with Crippen molar-refractivity contribution in [1.82, 2.24) is 9.97 Å². The minimum atomic E-state index is -0.243. The van der Waals surface area contributed by atoms with E-state index in [2.05, 4.69) is 20.9 Å². The molecule has 2 atom stereocenters. The predicted molar refractivity (Wildman–Crippen MR) is 74.1 cm³/mol. The summed E-state index contributed by atoms with van der Waals surface area (Å²) >= 11 is 1.63. The first-order chi connectivity index (χ1) is 8.77. The molecule has 0 aliphatic heterocycles. The van der Waals surface area contributed by atoms with Crippen LogP contribution >= 0.6 is 11.3 Å². The maximum absolute atomic E-state index is 10.1. The molecule has 2 unspecified atom stereocenters. The van der Waals surface area contributed by atoms with Crippen LogP contribution in [0, 0.1) is 0 Å². The maximum atomic E-state index is 10.1. The average molecular weight is 263 g/mol. The number of anilines is 1. The van der Waals surface area contributed by atoms with Gasteiger partial charge < -0.3 is 10.0 Å². The quantitative estimate of drug-likeness (QED) is 0.904. The van der Waals surface area contributed by atoms with Crippen LogP contribution in [0.2, 0.25) is 0 Å². The summed E-state index contributed by atoms with van der Waals surface area (Å²) in [5.41, 5.74) is 0. The molecule has 0 spiro atoms. The van der Waals surface area contributed by atoms with Crippen LogP contribution in [-0.2, 0) is 0 Å². The van der Waals surface area contributed by atoms with E-state index in [1.165, 1.54) is 6.42 Å². The fourth-order valence-electron chi connectivity index (χ4n) is 2.76. The molecule has 18 heavy (non-hydrogen) atoms. The standard InChI is InChI=1S/C13H17N3OS/c1-16(10-4-2-3-5-11(10)17)12-9-6-7-18-13(9)15-8-14-12/h6-8,10-11,17H,2-5H2,1H3. The van der Waals surface area contributed by atoms with E-state index in [4.69, 9.17) is 0 Å². The van der Waals surface area contributed by atoms with Gasteiger partial charge in [-0.15, -0.1) is 11.3 Å². The number of hydrogen-bond acceptors (Lipinski definition) is 5. The van der Waals surface area contributed by atoms with Crippen LogP contribution in [0.1, 0.15) is 25.7 Å². The highest BCUT2D eigenvalue weighted by atomic mass is 32.1. The lowest BCUT2D eigenvalue weighted by Crippen LogP contribution is -2.43. The summed E-state index contributed by atoms with van der Waals surface area (Å²) in [5.74, 6) is 0.937. The van der Waals surface area contributed by atoms with E-state index < -0.39 is 0 Å². The minimum Gasteiger partial charge on any atom is -0.391 e. The van der Waals surface area contributed by atoms with Crippen LogP contribution in [-0.4, -0.2) is 34.3 Å². The summed E-state index contributed by atoms with van der Waals surface area (Å²) in [4.78, 5) is 11.8. The molecule has 2 aromatic heterocycles. The molecule has 1 aliphatic carbocycles. The summed E-state index contributed by atoms with van der Waals surface area (Å²) < 4.78 is 0. The molecule has 96 valence electrons. The van der Waals surface area contributed by atoms with Crippen molar-refractivity contribution in [2.24, 2.45) is 0 Å². The topological polar surface area (TPSA) is 49.2 Å². The largest absolute Gasteiger partial charge is 0.391 e. The van der Waals surface area contributed by atoms with Crippen molar-refractivity contribution in [3.63, 3.8) is 0 Å². The summed E-state index contributed by atoms with van der Waals surface area (Å²) in [6.07, 6.45) is 5.61. The molecule has 1 aliphatic rings. The summed E-state index contributed by atoms with van der Waals surface area (Å²) in [5, 5.41) is 13.3. The molecule has 2 heterocycles.